The topological polar surface area (TPSA) is 40.6 Å². The summed E-state index contributed by atoms with van der Waals surface area (Å²) in [5.41, 5.74) is -0.190. The van der Waals surface area contributed by atoms with Gasteiger partial charge in [-0.25, -0.2) is 8.78 Å². The predicted octanol–water partition coefficient (Wildman–Crippen LogP) is 2.95. The molecule has 0 bridgehead atoms. The van der Waals surface area contributed by atoms with Crippen LogP contribution in [0.5, 0.6) is 0 Å². The van der Waals surface area contributed by atoms with Crippen molar-refractivity contribution in [1.29, 1.82) is 0 Å². The summed E-state index contributed by atoms with van der Waals surface area (Å²) in [5, 5.41) is 0. The van der Waals surface area contributed by atoms with Crippen LogP contribution in [0, 0.1) is 11.6 Å². The summed E-state index contributed by atoms with van der Waals surface area (Å²) >= 11 is 0. The van der Waals surface area contributed by atoms with E-state index < -0.39 is 27.4 Å². The standard InChI is InChI=1S/C16H24F2N2O2S/c1-16(2,3)19(4)23(21,22)20-9-5-6-14(20)10-12-7-8-13(17)11-15(12)18/h7-8,11,14H,5-6,9-10H2,1-4H3. The maximum absolute atomic E-state index is 13.9. The predicted molar refractivity (Wildman–Crippen MR) is 86.2 cm³/mol. The third-order valence-electron chi connectivity index (χ3n) is 4.38. The van der Waals surface area contributed by atoms with Gasteiger partial charge in [0.1, 0.15) is 11.6 Å². The molecule has 0 aromatic heterocycles. The smallest absolute Gasteiger partial charge is 0.207 e. The molecule has 1 aliphatic heterocycles. The lowest BCUT2D eigenvalue weighted by Crippen LogP contribution is -2.51. The Labute approximate surface area is 137 Å². The van der Waals surface area contributed by atoms with Gasteiger partial charge in [0.2, 0.25) is 0 Å². The molecule has 4 nitrogen and oxygen atoms in total. The van der Waals surface area contributed by atoms with Gasteiger partial charge in [0, 0.05) is 31.2 Å². The summed E-state index contributed by atoms with van der Waals surface area (Å²) in [4.78, 5) is 0. The minimum atomic E-state index is -3.62. The number of hydrogen-bond acceptors (Lipinski definition) is 2. The molecule has 1 aromatic rings. The van der Waals surface area contributed by atoms with E-state index in [2.05, 4.69) is 0 Å². The van der Waals surface area contributed by atoms with Crippen LogP contribution >= 0.6 is 0 Å². The molecule has 0 aliphatic carbocycles. The highest BCUT2D eigenvalue weighted by molar-refractivity contribution is 7.86. The molecule has 0 amide bonds. The molecule has 0 radical (unpaired) electrons. The first-order chi connectivity index (χ1) is 10.5. The zero-order valence-corrected chi connectivity index (χ0v) is 14.8. The summed E-state index contributed by atoms with van der Waals surface area (Å²) in [6.07, 6.45) is 1.67. The fourth-order valence-electron chi connectivity index (χ4n) is 2.76. The van der Waals surface area contributed by atoms with Crippen molar-refractivity contribution >= 4 is 10.2 Å². The Kier molecular flexibility index (Phi) is 5.13. The molecule has 1 saturated heterocycles. The minimum absolute atomic E-state index is 0.253. The van der Waals surface area contributed by atoms with Gasteiger partial charge >= 0.3 is 0 Å². The van der Waals surface area contributed by atoms with Crippen LogP contribution in [0.25, 0.3) is 0 Å². The largest absolute Gasteiger partial charge is 0.282 e. The second-order valence-electron chi connectivity index (χ2n) is 6.99. The van der Waals surface area contributed by atoms with Gasteiger partial charge in [-0.1, -0.05) is 6.07 Å². The first-order valence-electron chi connectivity index (χ1n) is 7.73. The first kappa shape index (κ1) is 18.3. The van der Waals surface area contributed by atoms with Crippen LogP contribution in [0.3, 0.4) is 0 Å². The molecule has 7 heteroatoms. The Morgan fingerprint density at radius 2 is 1.96 bits per heavy atom. The summed E-state index contributed by atoms with van der Waals surface area (Å²) in [5.74, 6) is -1.26. The highest BCUT2D eigenvalue weighted by atomic mass is 32.2. The summed E-state index contributed by atoms with van der Waals surface area (Å²) in [7, 11) is -2.06. The molecular weight excluding hydrogens is 322 g/mol. The van der Waals surface area contributed by atoms with Gasteiger partial charge in [-0.05, 0) is 51.7 Å². The lowest BCUT2D eigenvalue weighted by Gasteiger charge is -2.36. The van der Waals surface area contributed by atoms with E-state index in [0.717, 1.165) is 12.5 Å². The number of nitrogens with zero attached hydrogens (tertiary/aromatic N) is 2. The molecule has 0 saturated carbocycles. The van der Waals surface area contributed by atoms with Crippen molar-refractivity contribution in [3.8, 4) is 0 Å². The summed E-state index contributed by atoms with van der Waals surface area (Å²) in [6, 6.07) is 3.13. The van der Waals surface area contributed by atoms with Crippen molar-refractivity contribution in [2.24, 2.45) is 0 Å². The Balaban J connectivity index is 2.23. The Morgan fingerprint density at radius 3 is 2.52 bits per heavy atom. The molecule has 0 N–H and O–H groups in total. The van der Waals surface area contributed by atoms with Crippen LogP contribution in [0.15, 0.2) is 18.2 Å². The van der Waals surface area contributed by atoms with Gasteiger partial charge in [0.15, 0.2) is 0 Å². The van der Waals surface area contributed by atoms with Crippen LogP contribution in [0.4, 0.5) is 8.78 Å². The number of hydrogen-bond donors (Lipinski definition) is 0. The molecule has 1 atom stereocenters. The van der Waals surface area contributed by atoms with Gasteiger partial charge in [-0.2, -0.15) is 17.0 Å². The van der Waals surface area contributed by atoms with E-state index in [0.29, 0.717) is 18.5 Å². The van der Waals surface area contributed by atoms with Gasteiger partial charge in [0.25, 0.3) is 10.2 Å². The van der Waals surface area contributed by atoms with E-state index >= 15 is 0 Å². The normalized spacial score (nSPS) is 20.4. The fraction of sp³-hybridized carbons (Fsp3) is 0.625. The van der Waals surface area contributed by atoms with Crippen LogP contribution < -0.4 is 0 Å². The first-order valence-corrected chi connectivity index (χ1v) is 9.13. The second kappa shape index (κ2) is 6.45. The van der Waals surface area contributed by atoms with Crippen LogP contribution in [0.2, 0.25) is 0 Å². The maximum Gasteiger partial charge on any atom is 0.282 e. The molecule has 1 aliphatic rings. The van der Waals surface area contributed by atoms with E-state index in [1.165, 1.54) is 20.7 Å². The quantitative estimate of drug-likeness (QED) is 0.841. The van der Waals surface area contributed by atoms with Crippen LogP contribution in [-0.2, 0) is 16.6 Å². The monoisotopic (exact) mass is 346 g/mol. The molecule has 0 spiro atoms. The van der Waals surface area contributed by atoms with Gasteiger partial charge < -0.3 is 0 Å². The fourth-order valence-corrected chi connectivity index (χ4v) is 4.68. The molecule has 1 unspecified atom stereocenters. The van der Waals surface area contributed by atoms with Gasteiger partial charge in [-0.15, -0.1) is 0 Å². The number of halogens is 2. The Hall–Kier alpha value is -1.05. The van der Waals surface area contributed by atoms with Gasteiger partial charge in [-0.3, -0.25) is 0 Å². The van der Waals surface area contributed by atoms with E-state index in [4.69, 9.17) is 0 Å². The average molecular weight is 346 g/mol. The molecule has 130 valence electrons. The zero-order valence-electron chi connectivity index (χ0n) is 14.0. The Bertz CT molecular complexity index is 671. The van der Waals surface area contributed by atoms with Crippen LogP contribution in [0.1, 0.15) is 39.2 Å². The zero-order chi connectivity index (χ0) is 17.4. The van der Waals surface area contributed by atoms with Crippen LogP contribution in [-0.4, -0.2) is 42.2 Å². The third-order valence-corrected chi connectivity index (χ3v) is 6.69. The minimum Gasteiger partial charge on any atom is -0.207 e. The van der Waals surface area contributed by atoms with Crippen molar-refractivity contribution < 1.29 is 17.2 Å². The Morgan fingerprint density at radius 1 is 1.30 bits per heavy atom. The molecule has 1 heterocycles. The lowest BCUT2D eigenvalue weighted by molar-refractivity contribution is 0.256. The van der Waals surface area contributed by atoms with Crippen molar-refractivity contribution in [2.75, 3.05) is 13.6 Å². The van der Waals surface area contributed by atoms with Crippen molar-refractivity contribution in [3.05, 3.63) is 35.4 Å². The SMILES string of the molecule is CN(C(C)(C)C)S(=O)(=O)N1CCCC1Cc1ccc(F)cc1F. The molecule has 23 heavy (non-hydrogen) atoms. The number of benzene rings is 1. The molecular formula is C16H24F2N2O2S. The number of rotatable bonds is 4. The van der Waals surface area contributed by atoms with E-state index in [1.54, 1.807) is 7.05 Å². The highest BCUT2D eigenvalue weighted by Gasteiger charge is 2.40. The molecule has 2 rings (SSSR count). The summed E-state index contributed by atoms with van der Waals surface area (Å²) < 4.78 is 55.3. The molecule has 1 aromatic carbocycles. The van der Waals surface area contributed by atoms with E-state index in [-0.39, 0.29) is 12.5 Å². The second-order valence-corrected chi connectivity index (χ2v) is 8.91. The van der Waals surface area contributed by atoms with E-state index in [9.17, 15) is 17.2 Å². The third kappa shape index (κ3) is 3.89. The van der Waals surface area contributed by atoms with Crippen molar-refractivity contribution in [1.82, 2.24) is 8.61 Å². The summed E-state index contributed by atoms with van der Waals surface area (Å²) in [6.45, 7) is 5.91. The van der Waals surface area contributed by atoms with Gasteiger partial charge in [0.05, 0.1) is 0 Å². The molecule has 1 fully saturated rings. The van der Waals surface area contributed by atoms with Crippen molar-refractivity contribution in [2.45, 2.75) is 51.6 Å². The van der Waals surface area contributed by atoms with Crippen molar-refractivity contribution in [3.63, 3.8) is 0 Å². The maximum atomic E-state index is 13.9. The van der Waals surface area contributed by atoms with E-state index in [1.807, 2.05) is 20.8 Å². The lowest BCUT2D eigenvalue weighted by atomic mass is 10.0. The average Bonchev–Trinajstić information content (AvgIpc) is 2.89. The highest BCUT2D eigenvalue weighted by Crippen LogP contribution is 2.29.